The van der Waals surface area contributed by atoms with E-state index in [2.05, 4.69) is 204 Å². The number of hydrogen-bond donors (Lipinski definition) is 0. The van der Waals surface area contributed by atoms with Gasteiger partial charge in [-0.1, -0.05) is 0 Å². The van der Waals surface area contributed by atoms with E-state index in [1.54, 1.807) is 24.4 Å². The third-order valence-electron chi connectivity index (χ3n) is 11.9. The maximum Gasteiger partial charge on any atom is -0.147 e. The van der Waals surface area contributed by atoms with Crippen molar-refractivity contribution in [3.05, 3.63) is 150 Å². The van der Waals surface area contributed by atoms with Gasteiger partial charge in [-0.2, -0.15) is 0 Å². The molecule has 0 saturated heterocycles. The molecule has 8 rings (SSSR count). The molecule has 4 heteroatoms. The maximum absolute atomic E-state index is 2.49. The number of rotatable bonds is 4. The topological polar surface area (TPSA) is 0 Å². The minimum atomic E-state index is -2.45. The summed E-state index contributed by atoms with van der Waals surface area (Å²) in [5.74, 6) is 0. The predicted octanol–water partition coefficient (Wildman–Crippen LogP) is 14.1. The largest absolute Gasteiger partial charge is 0.147 e. The van der Waals surface area contributed by atoms with Gasteiger partial charge >= 0.3 is 358 Å². The third kappa shape index (κ3) is 9.52. The third-order valence-corrected chi connectivity index (χ3v) is 40.8. The molecule has 0 spiro atoms. The van der Waals surface area contributed by atoms with E-state index in [0.29, 0.717) is 0 Å². The van der Waals surface area contributed by atoms with Crippen LogP contribution in [0, 0.1) is 21.7 Å². The first-order valence-electron chi connectivity index (χ1n) is 21.0. The van der Waals surface area contributed by atoms with E-state index < -0.39 is 41.9 Å². The summed E-state index contributed by atoms with van der Waals surface area (Å²) in [6.45, 7) is 29.3. The van der Waals surface area contributed by atoms with Gasteiger partial charge in [0.05, 0.1) is 0 Å². The predicted molar refractivity (Wildman–Crippen MR) is 255 cm³/mol. The molecule has 0 bridgehead atoms. The first-order chi connectivity index (χ1) is 26.4. The van der Waals surface area contributed by atoms with E-state index in [4.69, 9.17) is 0 Å². The zero-order valence-electron chi connectivity index (χ0n) is 37.2. The van der Waals surface area contributed by atoms with Gasteiger partial charge in [-0.3, -0.25) is 0 Å². The molecule has 0 amide bonds. The number of allylic oxidation sites excluding steroid dienone is 8. The normalized spacial score (nSPS) is 14.8. The summed E-state index contributed by atoms with van der Waals surface area (Å²) in [7, 11) is 0. The van der Waals surface area contributed by atoms with Crippen LogP contribution in [0.1, 0.15) is 118 Å². The van der Waals surface area contributed by atoms with Gasteiger partial charge < -0.3 is 0 Å². The Morgan fingerprint density at radius 1 is 0.414 bits per heavy atom. The van der Waals surface area contributed by atoms with Gasteiger partial charge in [0.15, 0.2) is 0 Å². The van der Waals surface area contributed by atoms with Crippen molar-refractivity contribution in [2.24, 2.45) is 21.7 Å². The van der Waals surface area contributed by atoms with E-state index in [-0.39, 0.29) is 46.5 Å². The SMILES string of the molecule is CC(C)(C)[C](=[Hf]([C]1=CC=CC1)[c]1cccc2c1Cc1ccccc1-2)C(C)(C)C.CC(C)(C)[C](=[Hf]([C]1=CC=CC1)[c]1cccc2c1Cc1ccccc1-2)C(C)(C)C.Cl.Cl. The van der Waals surface area contributed by atoms with Crippen LogP contribution in [0.4, 0.5) is 0 Å². The van der Waals surface area contributed by atoms with Crippen LogP contribution in [-0.2, 0) is 54.8 Å². The van der Waals surface area contributed by atoms with Crippen LogP contribution in [-0.4, -0.2) is 6.51 Å². The van der Waals surface area contributed by atoms with Crippen LogP contribution < -0.4 is 6.64 Å². The Labute approximate surface area is 379 Å². The van der Waals surface area contributed by atoms with E-state index in [1.165, 1.54) is 33.4 Å². The Kier molecular flexibility index (Phi) is 14.6. The smallest absolute Gasteiger partial charge is 0.147 e. The van der Waals surface area contributed by atoms with Crippen molar-refractivity contribution in [3.8, 4) is 22.3 Å². The van der Waals surface area contributed by atoms with Gasteiger partial charge in [-0.25, -0.2) is 0 Å². The zero-order valence-corrected chi connectivity index (χ0v) is 46.0. The van der Waals surface area contributed by atoms with Crippen molar-refractivity contribution in [1.82, 2.24) is 0 Å². The molecule has 4 aliphatic carbocycles. The fourth-order valence-corrected chi connectivity index (χ4v) is 38.1. The van der Waals surface area contributed by atoms with Gasteiger partial charge in [0, 0.05) is 0 Å². The molecule has 0 unspecified atom stereocenters. The number of hydrogen-bond acceptors (Lipinski definition) is 0. The van der Waals surface area contributed by atoms with Gasteiger partial charge in [0.25, 0.3) is 0 Å². The minimum absolute atomic E-state index is 0. The molecule has 0 aromatic heterocycles. The van der Waals surface area contributed by atoms with Gasteiger partial charge in [-0.15, -0.1) is 24.8 Å². The van der Waals surface area contributed by atoms with Gasteiger partial charge in [0.1, 0.15) is 0 Å². The van der Waals surface area contributed by atoms with E-state index >= 15 is 0 Å². The second-order valence-corrected chi connectivity index (χ2v) is 37.9. The molecular weight excluding hydrogens is 1080 g/mol. The monoisotopic (exact) mass is 1140 g/mol. The quantitative estimate of drug-likeness (QED) is 0.154. The van der Waals surface area contributed by atoms with Crippen LogP contribution in [0.25, 0.3) is 22.3 Å². The van der Waals surface area contributed by atoms with E-state index in [9.17, 15) is 0 Å². The van der Waals surface area contributed by atoms with Crippen molar-refractivity contribution >= 4 is 38.0 Å². The van der Waals surface area contributed by atoms with Gasteiger partial charge in [-0.05, 0) is 0 Å². The van der Waals surface area contributed by atoms with Crippen LogP contribution in [0.2, 0.25) is 0 Å². The number of fused-ring (bicyclic) bond motifs is 6. The molecule has 0 atom stereocenters. The Hall–Kier alpha value is -2.10. The summed E-state index contributed by atoms with van der Waals surface area (Å²) < 4.78 is 10.7. The molecule has 0 radical (unpaired) electrons. The molecule has 304 valence electrons. The Bertz CT molecular complexity index is 2180. The average molecular weight is 1140 g/mol. The van der Waals surface area contributed by atoms with Crippen molar-refractivity contribution in [3.63, 3.8) is 0 Å². The summed E-state index contributed by atoms with van der Waals surface area (Å²) in [6.07, 6.45) is 18.8. The van der Waals surface area contributed by atoms with E-state index in [0.717, 1.165) is 25.7 Å². The standard InChI is InChI=1S/2C13H9.2C9H18.2C5H5.2ClH.2Hf/c2*1-3-7-12-10(5-1)9-11-6-2-4-8-13(11)12;2*1-8(2,3)7-9(4,5)6;2*1-2-4-5-3-1;;;;/h2*1-5,7-8H,9H2;2*1-6H3;2*1-3H,4H2;2*1H;;. The molecule has 0 nitrogen and oxygen atoms in total. The summed E-state index contributed by atoms with van der Waals surface area (Å²) >= 11 is -4.91. The van der Waals surface area contributed by atoms with Crippen molar-refractivity contribution in [2.75, 3.05) is 0 Å². The minimum Gasteiger partial charge on any atom is -0.147 e. The zero-order chi connectivity index (χ0) is 40.2. The summed E-state index contributed by atoms with van der Waals surface area (Å²) in [5, 5.41) is 0. The average Bonchev–Trinajstić information content (AvgIpc) is 3.93. The van der Waals surface area contributed by atoms with Crippen LogP contribution in [0.15, 0.2) is 128 Å². The van der Waals surface area contributed by atoms with Crippen molar-refractivity contribution in [1.29, 1.82) is 0 Å². The Morgan fingerprint density at radius 3 is 1.05 bits per heavy atom. The number of halogens is 2. The molecule has 0 aliphatic heterocycles. The molecule has 0 fully saturated rings. The van der Waals surface area contributed by atoms with Gasteiger partial charge in [0.2, 0.25) is 0 Å². The first-order valence-corrected chi connectivity index (χ1v) is 31.8. The fourth-order valence-electron chi connectivity index (χ4n) is 10.7. The Morgan fingerprint density at radius 2 is 0.741 bits per heavy atom. The fraction of sp³-hybridized carbons (Fsp3) is 0.370. The maximum atomic E-state index is 2.49. The van der Waals surface area contributed by atoms with E-state index in [1.807, 2.05) is 6.51 Å². The Balaban J connectivity index is 0.000000214. The molecule has 4 aromatic carbocycles. The molecule has 4 aromatic rings. The second-order valence-electron chi connectivity index (χ2n) is 20.5. The molecule has 4 aliphatic rings. The molecule has 58 heavy (non-hydrogen) atoms. The van der Waals surface area contributed by atoms with Crippen LogP contribution in [0.3, 0.4) is 0 Å². The molecule has 0 N–H and O–H groups in total. The first kappa shape index (κ1) is 47.0. The van der Waals surface area contributed by atoms with Crippen molar-refractivity contribution in [2.45, 2.75) is 109 Å². The summed E-state index contributed by atoms with van der Waals surface area (Å²) in [6, 6.07) is 32.3. The molecular formula is C54H66Cl2Hf2. The summed E-state index contributed by atoms with van der Waals surface area (Å²) in [4.78, 5) is 0. The molecule has 0 saturated carbocycles. The molecule has 0 heterocycles. The van der Waals surface area contributed by atoms with Crippen LogP contribution in [0.5, 0.6) is 0 Å². The van der Waals surface area contributed by atoms with Crippen molar-refractivity contribution < 1.29 is 41.9 Å². The van der Waals surface area contributed by atoms with Crippen LogP contribution >= 0.6 is 24.8 Å². The second kappa shape index (κ2) is 18.1. The summed E-state index contributed by atoms with van der Waals surface area (Å²) in [5.41, 5.74) is 13.1. The number of benzene rings is 4.